The number of nitrogens with zero attached hydrogens (tertiary/aromatic N) is 2. The molecule has 0 saturated heterocycles. The Kier molecular flexibility index (Phi) is 4.22. The van der Waals surface area contributed by atoms with E-state index in [4.69, 9.17) is 0 Å². The number of hydrogen-bond acceptors (Lipinski definition) is 3. The molecule has 0 fully saturated rings. The molecular formula is C11H20N2OS. The molecule has 0 aromatic carbocycles. The van der Waals surface area contributed by atoms with Crippen molar-refractivity contribution in [2.24, 2.45) is 0 Å². The number of aromatic nitrogens is 2. The van der Waals surface area contributed by atoms with Crippen LogP contribution in [-0.2, 0) is 6.54 Å². The first-order valence-electron chi connectivity index (χ1n) is 5.27. The number of thioether (sulfide) groups is 1. The van der Waals surface area contributed by atoms with Crippen molar-refractivity contribution in [2.45, 2.75) is 45.1 Å². The van der Waals surface area contributed by atoms with Crippen LogP contribution in [0, 0.1) is 0 Å². The predicted molar refractivity (Wildman–Crippen MR) is 65.1 cm³/mol. The lowest BCUT2D eigenvalue weighted by Gasteiger charge is -2.20. The van der Waals surface area contributed by atoms with E-state index in [1.54, 1.807) is 18.0 Å². The summed E-state index contributed by atoms with van der Waals surface area (Å²) < 4.78 is 2.17. The summed E-state index contributed by atoms with van der Waals surface area (Å²) >= 11 is 1.76. The van der Waals surface area contributed by atoms with Gasteiger partial charge in [-0.1, -0.05) is 20.8 Å². The van der Waals surface area contributed by atoms with Crippen LogP contribution < -0.4 is 0 Å². The molecule has 0 amide bonds. The third-order valence-corrected chi connectivity index (χ3v) is 3.41. The lowest BCUT2D eigenvalue weighted by Crippen LogP contribution is -2.15. The number of aryl methyl sites for hydroxylation is 1. The maximum Gasteiger partial charge on any atom is 0.138 e. The third kappa shape index (κ3) is 3.87. The van der Waals surface area contributed by atoms with Crippen LogP contribution in [0.15, 0.2) is 12.4 Å². The van der Waals surface area contributed by atoms with Gasteiger partial charge in [-0.25, -0.2) is 4.98 Å². The number of hydrogen-bond donors (Lipinski definition) is 1. The average molecular weight is 228 g/mol. The molecule has 1 N–H and O–H groups in total. The van der Waals surface area contributed by atoms with E-state index < -0.39 is 6.10 Å². The molecular weight excluding hydrogens is 208 g/mol. The van der Waals surface area contributed by atoms with Crippen LogP contribution >= 0.6 is 11.8 Å². The summed E-state index contributed by atoms with van der Waals surface area (Å²) in [5.74, 6) is 1.47. The van der Waals surface area contributed by atoms with E-state index in [2.05, 4.69) is 32.7 Å². The molecule has 15 heavy (non-hydrogen) atoms. The van der Waals surface area contributed by atoms with Crippen LogP contribution in [-0.4, -0.2) is 25.2 Å². The monoisotopic (exact) mass is 228 g/mol. The van der Waals surface area contributed by atoms with Crippen molar-refractivity contribution in [1.29, 1.82) is 0 Å². The Hall–Kier alpha value is -0.480. The molecule has 86 valence electrons. The Morgan fingerprint density at radius 1 is 1.53 bits per heavy atom. The second-order valence-electron chi connectivity index (χ2n) is 4.51. The Labute approximate surface area is 95.9 Å². The second kappa shape index (κ2) is 5.03. The fraction of sp³-hybridized carbons (Fsp3) is 0.727. The van der Waals surface area contributed by atoms with Gasteiger partial charge in [0.2, 0.25) is 0 Å². The van der Waals surface area contributed by atoms with Gasteiger partial charge in [-0.15, -0.1) is 0 Å². The standard InChI is InChI=1S/C11H20N2OS/c1-5-13-7-6-12-10(13)9(14)8-15-11(2,3)4/h6-7,9,14H,5,8H2,1-4H3. The van der Waals surface area contributed by atoms with Gasteiger partial charge >= 0.3 is 0 Å². The number of rotatable bonds is 4. The lowest BCUT2D eigenvalue weighted by atomic mass is 10.3. The van der Waals surface area contributed by atoms with Crippen LogP contribution in [0.5, 0.6) is 0 Å². The third-order valence-electron chi connectivity index (χ3n) is 2.06. The highest BCUT2D eigenvalue weighted by Crippen LogP contribution is 2.27. The molecule has 0 bridgehead atoms. The normalized spacial score (nSPS) is 14.2. The first-order valence-corrected chi connectivity index (χ1v) is 6.25. The first-order chi connectivity index (χ1) is 6.94. The molecule has 0 saturated carbocycles. The zero-order chi connectivity index (χ0) is 11.5. The van der Waals surface area contributed by atoms with Crippen molar-refractivity contribution in [2.75, 3.05) is 5.75 Å². The number of aliphatic hydroxyl groups is 1. The van der Waals surface area contributed by atoms with Gasteiger partial charge in [0.25, 0.3) is 0 Å². The highest BCUT2D eigenvalue weighted by Gasteiger charge is 2.18. The number of imidazole rings is 1. The van der Waals surface area contributed by atoms with Crippen molar-refractivity contribution in [3.8, 4) is 0 Å². The van der Waals surface area contributed by atoms with E-state index in [9.17, 15) is 5.11 Å². The summed E-state index contributed by atoms with van der Waals surface area (Å²) in [5.41, 5.74) is 0. The summed E-state index contributed by atoms with van der Waals surface area (Å²) in [7, 11) is 0. The average Bonchev–Trinajstić information content (AvgIpc) is 2.60. The molecule has 1 atom stereocenters. The van der Waals surface area contributed by atoms with E-state index in [0.29, 0.717) is 5.75 Å². The maximum absolute atomic E-state index is 9.98. The van der Waals surface area contributed by atoms with Gasteiger partial charge in [0.15, 0.2) is 0 Å². The van der Waals surface area contributed by atoms with Crippen molar-refractivity contribution >= 4 is 11.8 Å². The Balaban J connectivity index is 2.57. The Bertz CT molecular complexity index is 304. The molecule has 1 aromatic rings. The van der Waals surface area contributed by atoms with Gasteiger partial charge in [-0.3, -0.25) is 0 Å². The minimum atomic E-state index is -0.468. The van der Waals surface area contributed by atoms with Crippen LogP contribution in [0.4, 0.5) is 0 Å². The largest absolute Gasteiger partial charge is 0.384 e. The lowest BCUT2D eigenvalue weighted by molar-refractivity contribution is 0.188. The summed E-state index contributed by atoms with van der Waals surface area (Å²) in [4.78, 5) is 4.19. The Morgan fingerprint density at radius 3 is 2.73 bits per heavy atom. The van der Waals surface area contributed by atoms with Crippen molar-refractivity contribution in [3.05, 3.63) is 18.2 Å². The second-order valence-corrected chi connectivity index (χ2v) is 6.36. The van der Waals surface area contributed by atoms with E-state index in [-0.39, 0.29) is 4.75 Å². The highest BCUT2D eigenvalue weighted by atomic mass is 32.2. The van der Waals surface area contributed by atoms with Crippen molar-refractivity contribution < 1.29 is 5.11 Å². The van der Waals surface area contributed by atoms with Crippen molar-refractivity contribution in [3.63, 3.8) is 0 Å². The highest BCUT2D eigenvalue weighted by molar-refractivity contribution is 8.00. The molecule has 4 heteroatoms. The van der Waals surface area contributed by atoms with Gasteiger partial charge in [0.05, 0.1) is 0 Å². The smallest absolute Gasteiger partial charge is 0.138 e. The van der Waals surface area contributed by atoms with Gasteiger partial charge in [-0.2, -0.15) is 11.8 Å². The predicted octanol–water partition coefficient (Wildman–Crippen LogP) is 2.47. The summed E-state index contributed by atoms with van der Waals surface area (Å²) in [6, 6.07) is 0. The van der Waals surface area contributed by atoms with Crippen LogP contribution in [0.25, 0.3) is 0 Å². The van der Waals surface area contributed by atoms with E-state index in [1.807, 2.05) is 10.8 Å². The molecule has 1 aromatic heterocycles. The Morgan fingerprint density at radius 2 is 2.20 bits per heavy atom. The first kappa shape index (κ1) is 12.6. The minimum absolute atomic E-state index is 0.185. The fourth-order valence-corrected chi connectivity index (χ4v) is 2.10. The zero-order valence-corrected chi connectivity index (χ0v) is 10.7. The summed E-state index contributed by atoms with van der Waals surface area (Å²) in [6.07, 6.45) is 3.17. The molecule has 0 aliphatic carbocycles. The topological polar surface area (TPSA) is 38.0 Å². The van der Waals surface area contributed by atoms with Gasteiger partial charge in [0, 0.05) is 29.4 Å². The molecule has 3 nitrogen and oxygen atoms in total. The summed E-state index contributed by atoms with van der Waals surface area (Å²) in [6.45, 7) is 9.35. The SMILES string of the molecule is CCn1ccnc1C(O)CSC(C)(C)C. The quantitative estimate of drug-likeness (QED) is 0.860. The molecule has 1 heterocycles. The molecule has 0 radical (unpaired) electrons. The van der Waals surface area contributed by atoms with Crippen LogP contribution in [0.2, 0.25) is 0 Å². The fourth-order valence-electron chi connectivity index (χ4n) is 1.29. The minimum Gasteiger partial charge on any atom is -0.384 e. The summed E-state index contributed by atoms with van der Waals surface area (Å²) in [5, 5.41) is 9.98. The zero-order valence-electron chi connectivity index (χ0n) is 9.90. The van der Waals surface area contributed by atoms with Crippen LogP contribution in [0.3, 0.4) is 0 Å². The van der Waals surface area contributed by atoms with Gasteiger partial charge < -0.3 is 9.67 Å². The molecule has 0 spiro atoms. The molecule has 0 aliphatic rings. The van der Waals surface area contributed by atoms with E-state index in [0.717, 1.165) is 12.4 Å². The maximum atomic E-state index is 9.98. The molecule has 1 rings (SSSR count). The van der Waals surface area contributed by atoms with Gasteiger partial charge in [0.1, 0.15) is 11.9 Å². The van der Waals surface area contributed by atoms with Crippen LogP contribution in [0.1, 0.15) is 39.6 Å². The number of aliphatic hydroxyl groups excluding tert-OH is 1. The van der Waals surface area contributed by atoms with Crippen molar-refractivity contribution in [1.82, 2.24) is 9.55 Å². The van der Waals surface area contributed by atoms with E-state index >= 15 is 0 Å². The van der Waals surface area contributed by atoms with Gasteiger partial charge in [-0.05, 0) is 6.92 Å². The molecule has 0 aliphatic heterocycles. The molecule has 1 unspecified atom stereocenters. The van der Waals surface area contributed by atoms with E-state index in [1.165, 1.54) is 0 Å².